The Balaban J connectivity index is 2.09. The van der Waals surface area contributed by atoms with E-state index in [0.29, 0.717) is 5.56 Å². The molecule has 1 aromatic rings. The zero-order valence-electron chi connectivity index (χ0n) is 12.8. The van der Waals surface area contributed by atoms with Crippen LogP contribution < -0.4 is 5.32 Å². The first kappa shape index (κ1) is 15.5. The summed E-state index contributed by atoms with van der Waals surface area (Å²) in [5.74, 6) is -1.22. The van der Waals surface area contributed by atoms with Gasteiger partial charge >= 0.3 is 5.97 Å². The minimum Gasteiger partial charge on any atom is -0.478 e. The highest BCUT2D eigenvalue weighted by atomic mass is 16.5. The van der Waals surface area contributed by atoms with E-state index in [1.54, 1.807) is 0 Å². The normalized spacial score (nSPS) is 22.8. The van der Waals surface area contributed by atoms with Crippen LogP contribution in [0.15, 0.2) is 24.3 Å². The second kappa shape index (κ2) is 5.15. The number of ether oxygens (including phenoxy) is 1. The van der Waals surface area contributed by atoms with Gasteiger partial charge in [-0.2, -0.15) is 0 Å². The molecule has 0 radical (unpaired) electrons. The van der Waals surface area contributed by atoms with E-state index in [-0.39, 0.29) is 23.1 Å². The second-order valence-corrected chi connectivity index (χ2v) is 6.58. The molecule has 5 nitrogen and oxygen atoms in total. The van der Waals surface area contributed by atoms with Crippen molar-refractivity contribution >= 4 is 11.9 Å². The molecule has 5 heteroatoms. The third-order valence-electron chi connectivity index (χ3n) is 3.77. The molecule has 1 amide bonds. The van der Waals surface area contributed by atoms with E-state index in [1.165, 1.54) is 24.3 Å². The predicted octanol–water partition coefficient (Wildman–Crippen LogP) is 2.46. The average molecular weight is 291 g/mol. The molecular formula is C16H21NO4. The molecule has 0 aromatic heterocycles. The number of carboxylic acid groups (broad SMARTS) is 1. The Morgan fingerprint density at radius 2 is 1.67 bits per heavy atom. The fraction of sp³-hybridized carbons (Fsp3) is 0.500. The highest BCUT2D eigenvalue weighted by Gasteiger charge is 2.46. The van der Waals surface area contributed by atoms with E-state index >= 15 is 0 Å². The highest BCUT2D eigenvalue weighted by Crippen LogP contribution is 2.37. The second-order valence-electron chi connectivity index (χ2n) is 6.58. The standard InChI is InChI=1S/C16H21NO4/c1-15(2)9-12(16(3,4)21-15)17-13(18)10-5-7-11(8-6-10)14(19)20/h5-8,12H,9H2,1-4H3,(H,17,18)(H,19,20). The van der Waals surface area contributed by atoms with Crippen LogP contribution in [0.25, 0.3) is 0 Å². The third-order valence-corrected chi connectivity index (χ3v) is 3.77. The first-order valence-electron chi connectivity index (χ1n) is 6.95. The van der Waals surface area contributed by atoms with Crippen molar-refractivity contribution < 1.29 is 19.4 Å². The fourth-order valence-corrected chi connectivity index (χ4v) is 2.79. The number of hydrogen-bond acceptors (Lipinski definition) is 3. The average Bonchev–Trinajstić information content (AvgIpc) is 2.57. The number of amides is 1. The van der Waals surface area contributed by atoms with E-state index in [2.05, 4.69) is 5.32 Å². The Morgan fingerprint density at radius 1 is 1.14 bits per heavy atom. The van der Waals surface area contributed by atoms with Crippen molar-refractivity contribution in [2.75, 3.05) is 0 Å². The van der Waals surface area contributed by atoms with E-state index in [1.807, 2.05) is 27.7 Å². The summed E-state index contributed by atoms with van der Waals surface area (Å²) >= 11 is 0. The van der Waals surface area contributed by atoms with Gasteiger partial charge in [0.15, 0.2) is 0 Å². The Labute approximate surface area is 124 Å². The molecule has 2 N–H and O–H groups in total. The molecule has 114 valence electrons. The summed E-state index contributed by atoms with van der Waals surface area (Å²) in [5.41, 5.74) is -0.0906. The molecule has 1 aromatic carbocycles. The van der Waals surface area contributed by atoms with Gasteiger partial charge in [0.1, 0.15) is 0 Å². The van der Waals surface area contributed by atoms with Crippen LogP contribution in [0.5, 0.6) is 0 Å². The highest BCUT2D eigenvalue weighted by molar-refractivity contribution is 5.96. The molecule has 1 aliphatic heterocycles. The minimum atomic E-state index is -1.01. The summed E-state index contributed by atoms with van der Waals surface area (Å²) in [6.45, 7) is 7.92. The Kier molecular flexibility index (Phi) is 3.80. The summed E-state index contributed by atoms with van der Waals surface area (Å²) in [4.78, 5) is 23.1. The van der Waals surface area contributed by atoms with Gasteiger partial charge in [-0.05, 0) is 58.4 Å². The summed E-state index contributed by atoms with van der Waals surface area (Å²) in [5, 5.41) is 11.8. The maximum Gasteiger partial charge on any atom is 0.335 e. The lowest BCUT2D eigenvalue weighted by Crippen LogP contribution is -2.46. The summed E-state index contributed by atoms with van der Waals surface area (Å²) in [6.07, 6.45) is 0.735. The molecular weight excluding hydrogens is 270 g/mol. The molecule has 0 bridgehead atoms. The SMILES string of the molecule is CC1(C)CC(NC(=O)c2ccc(C(=O)O)cc2)C(C)(C)O1. The van der Waals surface area contributed by atoms with Crippen molar-refractivity contribution in [2.24, 2.45) is 0 Å². The van der Waals surface area contributed by atoms with Crippen LogP contribution in [0.2, 0.25) is 0 Å². The van der Waals surface area contributed by atoms with Crippen LogP contribution in [0.3, 0.4) is 0 Å². The third kappa shape index (κ3) is 3.42. The number of aromatic carboxylic acids is 1. The number of benzene rings is 1. The number of nitrogens with one attached hydrogen (secondary N) is 1. The molecule has 0 saturated carbocycles. The molecule has 1 atom stereocenters. The van der Waals surface area contributed by atoms with Crippen molar-refractivity contribution in [3.63, 3.8) is 0 Å². The van der Waals surface area contributed by atoms with Gasteiger partial charge in [-0.1, -0.05) is 0 Å². The zero-order valence-corrected chi connectivity index (χ0v) is 12.8. The smallest absolute Gasteiger partial charge is 0.335 e. The molecule has 0 spiro atoms. The molecule has 1 saturated heterocycles. The molecule has 21 heavy (non-hydrogen) atoms. The summed E-state index contributed by atoms with van der Waals surface area (Å²) in [6, 6.07) is 5.81. The van der Waals surface area contributed by atoms with Crippen LogP contribution in [-0.4, -0.2) is 34.2 Å². The topological polar surface area (TPSA) is 75.6 Å². The quantitative estimate of drug-likeness (QED) is 0.897. The van der Waals surface area contributed by atoms with Gasteiger partial charge < -0.3 is 15.2 Å². The van der Waals surface area contributed by atoms with Gasteiger partial charge in [0.2, 0.25) is 0 Å². The van der Waals surface area contributed by atoms with Gasteiger partial charge in [-0.25, -0.2) is 4.79 Å². The maximum absolute atomic E-state index is 12.3. The van der Waals surface area contributed by atoms with Gasteiger partial charge in [0.05, 0.1) is 22.8 Å². The Morgan fingerprint density at radius 3 is 2.10 bits per heavy atom. The fourth-order valence-electron chi connectivity index (χ4n) is 2.79. The summed E-state index contributed by atoms with van der Waals surface area (Å²) < 4.78 is 5.94. The van der Waals surface area contributed by atoms with Crippen LogP contribution in [0.4, 0.5) is 0 Å². The first-order valence-corrected chi connectivity index (χ1v) is 6.95. The largest absolute Gasteiger partial charge is 0.478 e. The van der Waals surface area contributed by atoms with Crippen LogP contribution in [0.1, 0.15) is 54.8 Å². The maximum atomic E-state index is 12.3. The number of carboxylic acids is 1. The van der Waals surface area contributed by atoms with Crippen molar-refractivity contribution in [3.8, 4) is 0 Å². The lowest BCUT2D eigenvalue weighted by molar-refractivity contribution is -0.0693. The Hall–Kier alpha value is -1.88. The minimum absolute atomic E-state index is 0.0841. The van der Waals surface area contributed by atoms with Gasteiger partial charge in [-0.3, -0.25) is 4.79 Å². The van der Waals surface area contributed by atoms with Crippen LogP contribution in [0, 0.1) is 0 Å². The molecule has 0 aliphatic carbocycles. The van der Waals surface area contributed by atoms with Crippen molar-refractivity contribution in [3.05, 3.63) is 35.4 Å². The van der Waals surface area contributed by atoms with Gasteiger partial charge in [-0.15, -0.1) is 0 Å². The molecule has 1 fully saturated rings. The zero-order chi connectivity index (χ0) is 15.8. The van der Waals surface area contributed by atoms with Crippen molar-refractivity contribution in [1.29, 1.82) is 0 Å². The van der Waals surface area contributed by atoms with E-state index in [9.17, 15) is 9.59 Å². The van der Waals surface area contributed by atoms with Crippen LogP contribution in [-0.2, 0) is 4.74 Å². The lowest BCUT2D eigenvalue weighted by Gasteiger charge is -2.27. The monoisotopic (exact) mass is 291 g/mol. The number of rotatable bonds is 3. The van der Waals surface area contributed by atoms with E-state index in [4.69, 9.17) is 9.84 Å². The lowest BCUT2D eigenvalue weighted by atomic mass is 9.94. The Bertz CT molecular complexity index is 560. The van der Waals surface area contributed by atoms with Gasteiger partial charge in [0.25, 0.3) is 5.91 Å². The van der Waals surface area contributed by atoms with E-state index < -0.39 is 11.6 Å². The first-order chi connectivity index (χ1) is 9.61. The summed E-state index contributed by atoms with van der Waals surface area (Å²) in [7, 11) is 0. The number of hydrogen-bond donors (Lipinski definition) is 2. The molecule has 1 unspecified atom stereocenters. The predicted molar refractivity (Wildman–Crippen MR) is 78.5 cm³/mol. The number of carbonyl (C=O) groups is 2. The van der Waals surface area contributed by atoms with Crippen molar-refractivity contribution in [2.45, 2.75) is 51.4 Å². The van der Waals surface area contributed by atoms with E-state index in [0.717, 1.165) is 6.42 Å². The van der Waals surface area contributed by atoms with Crippen molar-refractivity contribution in [1.82, 2.24) is 5.32 Å². The number of carbonyl (C=O) groups excluding carboxylic acids is 1. The molecule has 1 heterocycles. The molecule has 2 rings (SSSR count). The van der Waals surface area contributed by atoms with Crippen LogP contribution >= 0.6 is 0 Å². The molecule has 1 aliphatic rings. The van der Waals surface area contributed by atoms with Gasteiger partial charge in [0, 0.05) is 5.56 Å².